The predicted octanol–water partition coefficient (Wildman–Crippen LogP) is 6.46. The smallest absolute Gasteiger partial charge is 0.276 e. The highest BCUT2D eigenvalue weighted by Gasteiger charge is 2.35. The van der Waals surface area contributed by atoms with Gasteiger partial charge in [-0.2, -0.15) is 0 Å². The van der Waals surface area contributed by atoms with Crippen LogP contribution >= 0.6 is 34.8 Å². The Morgan fingerprint density at radius 3 is 2.30 bits per heavy atom. The third kappa shape index (κ3) is 7.70. The summed E-state index contributed by atoms with van der Waals surface area (Å²) in [5, 5.41) is 12.0. The van der Waals surface area contributed by atoms with Gasteiger partial charge in [-0.25, -0.2) is 0 Å². The maximum Gasteiger partial charge on any atom is 0.276 e. The van der Waals surface area contributed by atoms with Crippen molar-refractivity contribution in [3.05, 3.63) is 77.9 Å². The highest BCUT2D eigenvalue weighted by atomic mass is 35.6. The number of amides is 1. The lowest BCUT2D eigenvalue weighted by Gasteiger charge is -2.39. The molecule has 0 bridgehead atoms. The molecular weight excluding hydrogens is 535 g/mol. The van der Waals surface area contributed by atoms with Crippen molar-refractivity contribution >= 4 is 46.4 Å². The Morgan fingerprint density at radius 1 is 1.05 bits per heavy atom. The largest absolute Gasteiger partial charge is 0.392 e. The van der Waals surface area contributed by atoms with Gasteiger partial charge in [0.05, 0.1) is 18.8 Å². The summed E-state index contributed by atoms with van der Waals surface area (Å²) in [4.78, 5) is 14.5. The van der Waals surface area contributed by atoms with Crippen LogP contribution in [-0.4, -0.2) is 44.9 Å². The van der Waals surface area contributed by atoms with Crippen molar-refractivity contribution in [3.63, 3.8) is 0 Å². The van der Waals surface area contributed by atoms with Crippen LogP contribution in [0.25, 0.3) is 0 Å². The van der Waals surface area contributed by atoms with Crippen molar-refractivity contribution in [2.24, 2.45) is 0 Å². The first kappa shape index (κ1) is 28.4. The number of nitrogens with one attached hydrogen (secondary N) is 1. The lowest BCUT2D eigenvalue weighted by Crippen LogP contribution is -2.43. The lowest BCUT2D eigenvalue weighted by atomic mass is 9.99. The topological polar surface area (TPSA) is 71.0 Å². The molecule has 9 heteroatoms. The number of hydrogen-bond donors (Lipinski definition) is 2. The normalized spacial score (nSPS) is 22.8. The van der Waals surface area contributed by atoms with E-state index in [0.717, 1.165) is 29.8 Å². The van der Waals surface area contributed by atoms with E-state index >= 15 is 0 Å². The minimum Gasteiger partial charge on any atom is -0.392 e. The van der Waals surface area contributed by atoms with Gasteiger partial charge in [0.25, 0.3) is 9.70 Å². The van der Waals surface area contributed by atoms with Crippen molar-refractivity contribution < 1.29 is 19.4 Å². The number of anilines is 1. The van der Waals surface area contributed by atoms with Gasteiger partial charge in [-0.3, -0.25) is 9.69 Å². The van der Waals surface area contributed by atoms with Gasteiger partial charge in [-0.15, -0.1) is 6.58 Å². The van der Waals surface area contributed by atoms with Crippen LogP contribution in [0.2, 0.25) is 0 Å². The molecule has 1 aliphatic heterocycles. The van der Waals surface area contributed by atoms with E-state index in [1.54, 1.807) is 12.1 Å². The van der Waals surface area contributed by atoms with Crippen LogP contribution in [-0.2, 0) is 20.9 Å². The minimum atomic E-state index is -2.04. The Bertz CT molecular complexity index is 1040. The predicted molar refractivity (Wildman–Crippen MR) is 148 cm³/mol. The summed E-state index contributed by atoms with van der Waals surface area (Å²) in [5.74, 6) is -0.726. The van der Waals surface area contributed by atoms with Gasteiger partial charge >= 0.3 is 0 Å². The van der Waals surface area contributed by atoms with Crippen LogP contribution in [0.15, 0.2) is 61.2 Å². The Kier molecular flexibility index (Phi) is 9.92. The van der Waals surface area contributed by atoms with Gasteiger partial charge in [0.2, 0.25) is 0 Å². The molecule has 2 aromatic carbocycles. The zero-order valence-electron chi connectivity index (χ0n) is 20.6. The fourth-order valence-corrected chi connectivity index (χ4v) is 5.17. The summed E-state index contributed by atoms with van der Waals surface area (Å²) in [6.45, 7) is 5.58. The molecule has 37 heavy (non-hydrogen) atoms. The molecule has 0 aromatic heterocycles. The summed E-state index contributed by atoms with van der Waals surface area (Å²) in [5.41, 5.74) is 3.22. The van der Waals surface area contributed by atoms with E-state index in [1.165, 1.54) is 25.7 Å². The number of hydrogen-bond acceptors (Lipinski definition) is 5. The van der Waals surface area contributed by atoms with Gasteiger partial charge < -0.3 is 19.9 Å². The third-order valence-corrected chi connectivity index (χ3v) is 7.47. The lowest BCUT2D eigenvalue weighted by molar-refractivity contribution is -0.253. The molecule has 3 atom stereocenters. The molecular formula is C28H33Cl3N2O4. The monoisotopic (exact) mass is 566 g/mol. The molecule has 2 aliphatic rings. The molecule has 1 saturated heterocycles. The number of aliphatic hydroxyl groups excluding tert-OH is 1. The maximum atomic E-state index is 12.0. The second-order valence-corrected chi connectivity index (χ2v) is 11.9. The van der Waals surface area contributed by atoms with Crippen molar-refractivity contribution in [1.29, 1.82) is 0 Å². The molecule has 4 rings (SSSR count). The molecule has 2 aromatic rings. The fourth-order valence-electron chi connectivity index (χ4n) is 5.03. The van der Waals surface area contributed by atoms with E-state index in [1.807, 2.05) is 42.5 Å². The zero-order valence-corrected chi connectivity index (χ0v) is 22.9. The molecule has 0 radical (unpaired) electrons. The van der Waals surface area contributed by atoms with Crippen molar-refractivity contribution in [3.8, 4) is 0 Å². The maximum absolute atomic E-state index is 12.0. The van der Waals surface area contributed by atoms with Crippen LogP contribution in [0.3, 0.4) is 0 Å². The number of aliphatic hydroxyl groups is 1. The first-order valence-corrected chi connectivity index (χ1v) is 13.7. The zero-order chi connectivity index (χ0) is 26.4. The van der Waals surface area contributed by atoms with E-state index in [-0.39, 0.29) is 18.8 Å². The summed E-state index contributed by atoms with van der Waals surface area (Å²) in [6, 6.07) is 15.5. The summed E-state index contributed by atoms with van der Waals surface area (Å²) in [7, 11) is 0. The summed E-state index contributed by atoms with van der Waals surface area (Å²) >= 11 is 17.0. The molecule has 2 fully saturated rings. The Morgan fingerprint density at radius 2 is 1.70 bits per heavy atom. The summed E-state index contributed by atoms with van der Waals surface area (Å²) in [6.07, 6.45) is 6.79. The summed E-state index contributed by atoms with van der Waals surface area (Å²) < 4.78 is 10.9. The van der Waals surface area contributed by atoms with Gasteiger partial charge in [0, 0.05) is 36.8 Å². The van der Waals surface area contributed by atoms with Crippen LogP contribution in [0.1, 0.15) is 61.2 Å². The number of ether oxygens (including phenoxy) is 2. The van der Waals surface area contributed by atoms with Gasteiger partial charge in [0.1, 0.15) is 0 Å². The number of carbonyl (C=O) groups excluding carboxylic acids is 1. The minimum absolute atomic E-state index is 0.000764. The number of nitrogens with zero attached hydrogens (tertiary/aromatic N) is 1. The Hall–Kier alpha value is -1.64. The van der Waals surface area contributed by atoms with Gasteiger partial charge in [-0.1, -0.05) is 90.1 Å². The Labute approximate surface area is 233 Å². The molecule has 6 nitrogen and oxygen atoms in total. The van der Waals surface area contributed by atoms with E-state index < -0.39 is 16.0 Å². The molecule has 1 amide bonds. The number of rotatable bonds is 9. The van der Waals surface area contributed by atoms with E-state index in [4.69, 9.17) is 44.3 Å². The number of benzene rings is 2. The average Bonchev–Trinajstić information content (AvgIpc) is 3.43. The molecule has 200 valence electrons. The highest BCUT2D eigenvalue weighted by Crippen LogP contribution is 2.39. The Balaban J connectivity index is 1.53. The van der Waals surface area contributed by atoms with Gasteiger partial charge in [0.15, 0.2) is 6.29 Å². The van der Waals surface area contributed by atoms with Crippen molar-refractivity contribution in [1.82, 2.24) is 4.90 Å². The molecule has 1 aliphatic carbocycles. The first-order chi connectivity index (χ1) is 17.8. The first-order valence-electron chi connectivity index (χ1n) is 12.6. The number of alkyl halides is 3. The van der Waals surface area contributed by atoms with E-state index in [2.05, 4.69) is 16.8 Å². The third-order valence-electron chi connectivity index (χ3n) is 6.96. The molecule has 2 N–H and O–H groups in total. The quantitative estimate of drug-likeness (QED) is 0.269. The van der Waals surface area contributed by atoms with Crippen molar-refractivity contribution in [2.75, 3.05) is 18.4 Å². The van der Waals surface area contributed by atoms with E-state index in [0.29, 0.717) is 18.2 Å². The van der Waals surface area contributed by atoms with Gasteiger partial charge in [-0.05, 0) is 36.1 Å². The second-order valence-electron chi connectivity index (χ2n) is 9.60. The average molecular weight is 568 g/mol. The molecule has 0 unspecified atom stereocenters. The number of carbonyl (C=O) groups is 1. The van der Waals surface area contributed by atoms with E-state index in [9.17, 15) is 9.90 Å². The second kappa shape index (κ2) is 12.9. The van der Waals surface area contributed by atoms with Crippen molar-refractivity contribution in [2.45, 2.75) is 67.0 Å². The van der Waals surface area contributed by atoms with Crippen LogP contribution < -0.4 is 5.32 Å². The highest BCUT2D eigenvalue weighted by molar-refractivity contribution is 6.76. The molecule has 0 spiro atoms. The SMILES string of the molecule is C=CCN(C[C@@H]1C[C@H](c2ccc(CO)cc2)O[C@H](c2ccc(NC(=O)C(Cl)(Cl)Cl)cc2)O1)C1CCCC1. The molecule has 1 saturated carbocycles. The van der Waals surface area contributed by atoms with Crippen LogP contribution in [0.5, 0.6) is 0 Å². The molecule has 1 heterocycles. The number of halogens is 3. The fraction of sp³-hybridized carbons (Fsp3) is 0.464. The standard InChI is InChI=1S/C28H33Cl3N2O4/c1-2-15-33(23-5-3-4-6-23)17-24-16-25(20-9-7-19(18-34)8-10-20)37-26(36-24)21-11-13-22(14-12-21)32-27(35)28(29,30)31/h2,7-14,23-26,34H,1,3-6,15-18H2,(H,32,35)/t24-,25+,26+/m0/s1. The van der Waals surface area contributed by atoms with Crippen LogP contribution in [0, 0.1) is 0 Å². The van der Waals surface area contributed by atoms with Crippen LogP contribution in [0.4, 0.5) is 5.69 Å².